The van der Waals surface area contributed by atoms with Crippen LogP contribution < -0.4 is 10.6 Å². The smallest absolute Gasteiger partial charge is 0.271 e. The fourth-order valence-electron chi connectivity index (χ4n) is 1.64. The van der Waals surface area contributed by atoms with Crippen LogP contribution in [0.4, 0.5) is 11.5 Å². The van der Waals surface area contributed by atoms with Crippen molar-refractivity contribution < 1.29 is 4.79 Å². The number of nitrogens with zero attached hydrogens (tertiary/aromatic N) is 2. The van der Waals surface area contributed by atoms with Gasteiger partial charge in [0.25, 0.3) is 5.91 Å². The molecule has 2 aromatic rings. The van der Waals surface area contributed by atoms with E-state index in [0.717, 1.165) is 0 Å². The number of amides is 1. The first-order valence-electron chi connectivity index (χ1n) is 6.61. The predicted octanol–water partition coefficient (Wildman–Crippen LogP) is 4.06. The Balaban J connectivity index is 2.10. The van der Waals surface area contributed by atoms with E-state index in [1.54, 1.807) is 18.2 Å². The second kappa shape index (κ2) is 6.50. The second-order valence-electron chi connectivity index (χ2n) is 5.74. The second-order valence-corrected chi connectivity index (χ2v) is 6.58. The summed E-state index contributed by atoms with van der Waals surface area (Å²) in [6.07, 6.45) is 2.88. The van der Waals surface area contributed by atoms with E-state index in [1.165, 1.54) is 12.4 Å². The molecule has 2 rings (SSSR count). The van der Waals surface area contributed by atoms with Crippen LogP contribution in [0.15, 0.2) is 30.6 Å². The van der Waals surface area contributed by atoms with Crippen molar-refractivity contribution >= 4 is 40.6 Å². The largest absolute Gasteiger partial charge is 0.346 e. The summed E-state index contributed by atoms with van der Waals surface area (Å²) >= 11 is 11.9. The number of hydrogen-bond acceptors (Lipinski definition) is 4. The Kier molecular flexibility index (Phi) is 4.88. The van der Waals surface area contributed by atoms with Crippen LogP contribution in [-0.4, -0.2) is 21.4 Å². The van der Waals surface area contributed by atoms with Crippen LogP contribution in [0, 0.1) is 0 Å². The van der Waals surface area contributed by atoms with E-state index in [1.807, 2.05) is 20.8 Å². The highest BCUT2D eigenvalue weighted by Gasteiger charge is 2.16. The fraction of sp³-hybridized carbons (Fsp3) is 0.267. The van der Waals surface area contributed by atoms with Gasteiger partial charge in [0, 0.05) is 10.6 Å². The van der Waals surface area contributed by atoms with Crippen LogP contribution in [0.1, 0.15) is 31.3 Å². The summed E-state index contributed by atoms with van der Waals surface area (Å²) in [5.74, 6) is 0.215. The van der Waals surface area contributed by atoms with Gasteiger partial charge in [-0.05, 0) is 39.0 Å². The number of hydrogen-bond donors (Lipinski definition) is 2. The Bertz CT molecular complexity index is 681. The van der Waals surface area contributed by atoms with Crippen molar-refractivity contribution in [3.05, 3.63) is 46.3 Å². The molecule has 0 unspecified atom stereocenters. The zero-order valence-corrected chi connectivity index (χ0v) is 14.0. The van der Waals surface area contributed by atoms with Crippen molar-refractivity contribution in [2.75, 3.05) is 5.32 Å². The lowest BCUT2D eigenvalue weighted by molar-refractivity contribution is 0.0914. The summed E-state index contributed by atoms with van der Waals surface area (Å²) in [7, 11) is 0. The van der Waals surface area contributed by atoms with Crippen LogP contribution in [0.5, 0.6) is 0 Å². The van der Waals surface area contributed by atoms with E-state index in [0.29, 0.717) is 21.6 Å². The predicted molar refractivity (Wildman–Crippen MR) is 89.0 cm³/mol. The van der Waals surface area contributed by atoms with E-state index < -0.39 is 0 Å². The molecule has 0 bridgehead atoms. The van der Waals surface area contributed by atoms with Gasteiger partial charge in [-0.25, -0.2) is 9.97 Å². The van der Waals surface area contributed by atoms with Gasteiger partial charge in [-0.1, -0.05) is 23.2 Å². The van der Waals surface area contributed by atoms with Crippen molar-refractivity contribution in [1.29, 1.82) is 0 Å². The standard InChI is InChI=1S/C15H16Cl2N4O/c1-15(2,3)21-14(22)12-7-19-13(8-18-12)20-11-5-4-9(16)6-10(11)17/h4-8H,1-3H3,(H,19,20)(H,21,22). The SMILES string of the molecule is CC(C)(C)NC(=O)c1cnc(Nc2ccc(Cl)cc2Cl)cn1. The molecule has 2 N–H and O–H groups in total. The normalized spacial score (nSPS) is 11.1. The Labute approximate surface area is 139 Å². The van der Waals surface area contributed by atoms with Crippen LogP contribution >= 0.6 is 23.2 Å². The molecule has 0 radical (unpaired) electrons. The molecule has 1 aromatic carbocycles. The molecule has 1 amide bonds. The zero-order chi connectivity index (χ0) is 16.3. The highest BCUT2D eigenvalue weighted by Crippen LogP contribution is 2.27. The number of benzene rings is 1. The summed E-state index contributed by atoms with van der Waals surface area (Å²) in [6, 6.07) is 5.09. The number of anilines is 2. The minimum atomic E-state index is -0.327. The topological polar surface area (TPSA) is 66.9 Å². The summed E-state index contributed by atoms with van der Waals surface area (Å²) < 4.78 is 0. The van der Waals surface area contributed by atoms with Crippen molar-refractivity contribution in [2.45, 2.75) is 26.3 Å². The summed E-state index contributed by atoms with van der Waals surface area (Å²) in [5, 5.41) is 6.87. The van der Waals surface area contributed by atoms with Crippen LogP contribution in [0.25, 0.3) is 0 Å². The minimum absolute atomic E-state index is 0.252. The van der Waals surface area contributed by atoms with Gasteiger partial charge in [0.15, 0.2) is 0 Å². The van der Waals surface area contributed by atoms with Crippen LogP contribution in [0.2, 0.25) is 10.0 Å². The first-order chi connectivity index (χ1) is 10.2. The quantitative estimate of drug-likeness (QED) is 0.885. The van der Waals surface area contributed by atoms with Gasteiger partial charge in [0.05, 0.1) is 23.1 Å². The average molecular weight is 339 g/mol. The van der Waals surface area contributed by atoms with Crippen molar-refractivity contribution in [2.24, 2.45) is 0 Å². The number of carbonyl (C=O) groups is 1. The van der Waals surface area contributed by atoms with Gasteiger partial charge in [0.1, 0.15) is 11.5 Å². The Morgan fingerprint density at radius 1 is 1.14 bits per heavy atom. The van der Waals surface area contributed by atoms with Crippen molar-refractivity contribution in [3.8, 4) is 0 Å². The number of carbonyl (C=O) groups excluding carboxylic acids is 1. The molecule has 0 saturated heterocycles. The van der Waals surface area contributed by atoms with E-state index in [2.05, 4.69) is 20.6 Å². The molecule has 0 saturated carbocycles. The van der Waals surface area contributed by atoms with E-state index in [4.69, 9.17) is 23.2 Å². The molecule has 1 aromatic heterocycles. The Hall–Kier alpha value is -1.85. The minimum Gasteiger partial charge on any atom is -0.346 e. The van der Waals surface area contributed by atoms with E-state index in [-0.39, 0.29) is 17.1 Å². The van der Waals surface area contributed by atoms with Gasteiger partial charge >= 0.3 is 0 Å². The molecule has 116 valence electrons. The number of nitrogens with one attached hydrogen (secondary N) is 2. The van der Waals surface area contributed by atoms with Crippen molar-refractivity contribution in [1.82, 2.24) is 15.3 Å². The lowest BCUT2D eigenvalue weighted by Gasteiger charge is -2.19. The molecule has 1 heterocycles. The highest BCUT2D eigenvalue weighted by atomic mass is 35.5. The lowest BCUT2D eigenvalue weighted by Crippen LogP contribution is -2.40. The highest BCUT2D eigenvalue weighted by molar-refractivity contribution is 6.36. The lowest BCUT2D eigenvalue weighted by atomic mass is 10.1. The number of halogens is 2. The molecule has 0 aliphatic carbocycles. The summed E-state index contributed by atoms with van der Waals surface area (Å²) in [5.41, 5.74) is 0.585. The van der Waals surface area contributed by atoms with E-state index >= 15 is 0 Å². The maximum atomic E-state index is 12.0. The molecule has 0 aliphatic rings. The molecule has 0 fully saturated rings. The van der Waals surface area contributed by atoms with Gasteiger partial charge in [-0.2, -0.15) is 0 Å². The van der Waals surface area contributed by atoms with E-state index in [9.17, 15) is 4.79 Å². The van der Waals surface area contributed by atoms with Gasteiger partial charge in [0.2, 0.25) is 0 Å². The Morgan fingerprint density at radius 3 is 2.41 bits per heavy atom. The molecule has 22 heavy (non-hydrogen) atoms. The third kappa shape index (κ3) is 4.58. The third-order valence-electron chi connectivity index (χ3n) is 2.57. The van der Waals surface area contributed by atoms with Crippen molar-refractivity contribution in [3.63, 3.8) is 0 Å². The maximum Gasteiger partial charge on any atom is 0.271 e. The summed E-state index contributed by atoms with van der Waals surface area (Å²) in [4.78, 5) is 20.2. The van der Waals surface area contributed by atoms with Gasteiger partial charge < -0.3 is 10.6 Å². The van der Waals surface area contributed by atoms with Gasteiger partial charge in [-0.15, -0.1) is 0 Å². The Morgan fingerprint density at radius 2 is 1.86 bits per heavy atom. The van der Waals surface area contributed by atoms with Crippen LogP contribution in [0.3, 0.4) is 0 Å². The molecule has 0 aliphatic heterocycles. The summed E-state index contributed by atoms with van der Waals surface area (Å²) in [6.45, 7) is 5.70. The maximum absolute atomic E-state index is 12.0. The molecule has 0 spiro atoms. The zero-order valence-electron chi connectivity index (χ0n) is 12.4. The molecular formula is C15H16Cl2N4O. The van der Waals surface area contributed by atoms with Gasteiger partial charge in [-0.3, -0.25) is 4.79 Å². The molecule has 0 atom stereocenters. The third-order valence-corrected chi connectivity index (χ3v) is 3.11. The first kappa shape index (κ1) is 16.5. The molecule has 5 nitrogen and oxygen atoms in total. The first-order valence-corrected chi connectivity index (χ1v) is 7.37. The molecule has 7 heteroatoms. The monoisotopic (exact) mass is 338 g/mol. The van der Waals surface area contributed by atoms with Crippen LogP contribution in [-0.2, 0) is 0 Å². The number of aromatic nitrogens is 2. The fourth-order valence-corrected chi connectivity index (χ4v) is 2.10. The molecular weight excluding hydrogens is 323 g/mol. The average Bonchev–Trinajstić information content (AvgIpc) is 2.41. The number of rotatable bonds is 3.